The molecule has 0 saturated carbocycles. The molecule has 0 bridgehead atoms. The number of thiocarbonyl (C=S) groups is 1. The van der Waals surface area contributed by atoms with Gasteiger partial charge in [0, 0.05) is 36.9 Å². The van der Waals surface area contributed by atoms with Gasteiger partial charge in [0.25, 0.3) is 5.91 Å². The number of nitrogens with one attached hydrogen (secondary N) is 3. The number of ether oxygens (including phenoxy) is 1. The third kappa shape index (κ3) is 8.22. The van der Waals surface area contributed by atoms with Crippen molar-refractivity contribution in [2.45, 2.75) is 38.8 Å². The molecule has 0 fully saturated rings. The summed E-state index contributed by atoms with van der Waals surface area (Å²) < 4.78 is 5.46. The largest absolute Gasteiger partial charge is 0.444 e. The molecule has 1 aromatic heterocycles. The predicted molar refractivity (Wildman–Crippen MR) is 141 cm³/mol. The van der Waals surface area contributed by atoms with Gasteiger partial charge in [0.05, 0.1) is 6.04 Å². The van der Waals surface area contributed by atoms with E-state index in [2.05, 4.69) is 21.2 Å². The summed E-state index contributed by atoms with van der Waals surface area (Å²) in [6, 6.07) is 16.9. The highest BCUT2D eigenvalue weighted by Crippen LogP contribution is 2.14. The van der Waals surface area contributed by atoms with Crippen molar-refractivity contribution < 1.29 is 14.3 Å². The number of carbonyl (C=O) groups is 2. The van der Waals surface area contributed by atoms with E-state index in [1.165, 1.54) is 4.90 Å². The van der Waals surface area contributed by atoms with Crippen LogP contribution in [0.25, 0.3) is 10.8 Å². The van der Waals surface area contributed by atoms with Crippen molar-refractivity contribution in [1.29, 1.82) is 0 Å². The lowest BCUT2D eigenvalue weighted by Crippen LogP contribution is -2.53. The number of hydrazine groups is 1. The zero-order valence-electron chi connectivity index (χ0n) is 20.4. The van der Waals surface area contributed by atoms with Gasteiger partial charge in [-0.25, -0.2) is 4.79 Å². The number of rotatable bonds is 6. The first-order valence-electron chi connectivity index (χ1n) is 11.3. The Balaban J connectivity index is 1.61. The molecule has 35 heavy (non-hydrogen) atoms. The Kier molecular flexibility index (Phi) is 8.59. The summed E-state index contributed by atoms with van der Waals surface area (Å²) in [6.45, 7) is 5.82. The maximum absolute atomic E-state index is 12.6. The van der Waals surface area contributed by atoms with Gasteiger partial charge in [0.15, 0.2) is 5.11 Å². The van der Waals surface area contributed by atoms with Crippen molar-refractivity contribution >= 4 is 40.1 Å². The Labute approximate surface area is 211 Å². The average Bonchev–Trinajstić information content (AvgIpc) is 2.81. The molecule has 0 aliphatic rings. The lowest BCUT2D eigenvalue weighted by Gasteiger charge is -2.29. The SMILES string of the molecule is CN(CC(Cc1ccccc1)NC(=S)NNC(=O)c1ccc2cnccc2c1)C(=O)OC(C)(C)C. The van der Waals surface area contributed by atoms with Gasteiger partial charge < -0.3 is 15.0 Å². The van der Waals surface area contributed by atoms with Crippen LogP contribution in [0.2, 0.25) is 0 Å². The summed E-state index contributed by atoms with van der Waals surface area (Å²) in [4.78, 5) is 30.7. The van der Waals surface area contributed by atoms with Crippen LogP contribution in [-0.4, -0.2) is 52.2 Å². The molecular formula is C26H31N5O3S. The van der Waals surface area contributed by atoms with Crippen LogP contribution in [0.5, 0.6) is 0 Å². The lowest BCUT2D eigenvalue weighted by molar-refractivity contribution is 0.0286. The molecule has 2 amide bonds. The molecule has 3 rings (SSSR count). The van der Waals surface area contributed by atoms with E-state index < -0.39 is 11.7 Å². The smallest absolute Gasteiger partial charge is 0.410 e. The van der Waals surface area contributed by atoms with Gasteiger partial charge in [0.1, 0.15) is 5.60 Å². The summed E-state index contributed by atoms with van der Waals surface area (Å²) in [5.74, 6) is -0.321. The maximum Gasteiger partial charge on any atom is 0.410 e. The van der Waals surface area contributed by atoms with E-state index in [4.69, 9.17) is 17.0 Å². The number of hydrogen-bond acceptors (Lipinski definition) is 5. The normalized spacial score (nSPS) is 11.9. The monoisotopic (exact) mass is 493 g/mol. The second kappa shape index (κ2) is 11.6. The first-order chi connectivity index (χ1) is 16.6. The Morgan fingerprint density at radius 1 is 1.06 bits per heavy atom. The highest BCUT2D eigenvalue weighted by Gasteiger charge is 2.23. The molecule has 0 aliphatic heterocycles. The van der Waals surface area contributed by atoms with Crippen molar-refractivity contribution in [3.63, 3.8) is 0 Å². The highest BCUT2D eigenvalue weighted by atomic mass is 32.1. The molecule has 1 heterocycles. The molecule has 3 aromatic rings. The summed E-state index contributed by atoms with van der Waals surface area (Å²) in [5.41, 5.74) is 6.37. The Bertz CT molecular complexity index is 1180. The standard InChI is InChI=1S/C26H31N5O3S/c1-26(2,3)34-25(33)31(4)17-22(14-18-8-6-5-7-9-18)28-24(35)30-29-23(32)20-10-11-21-16-27-13-12-19(21)15-20/h5-13,15-16,22H,14,17H2,1-4H3,(H,29,32)(H2,28,30,35). The van der Waals surface area contributed by atoms with Crippen LogP contribution >= 0.6 is 12.2 Å². The molecule has 1 atom stereocenters. The number of likely N-dealkylation sites (N-methyl/N-ethyl adjacent to an activating group) is 1. The van der Waals surface area contributed by atoms with E-state index in [1.54, 1.807) is 31.6 Å². The molecule has 0 radical (unpaired) electrons. The highest BCUT2D eigenvalue weighted by molar-refractivity contribution is 7.80. The van der Waals surface area contributed by atoms with Crippen LogP contribution in [0.15, 0.2) is 67.0 Å². The number of carbonyl (C=O) groups excluding carboxylic acids is 2. The van der Waals surface area contributed by atoms with Crippen molar-refractivity contribution in [2.24, 2.45) is 0 Å². The summed E-state index contributed by atoms with van der Waals surface area (Å²) in [6.07, 6.45) is 3.62. The van der Waals surface area contributed by atoms with Gasteiger partial charge >= 0.3 is 6.09 Å². The fourth-order valence-electron chi connectivity index (χ4n) is 3.44. The van der Waals surface area contributed by atoms with Crippen LogP contribution in [-0.2, 0) is 11.2 Å². The maximum atomic E-state index is 12.6. The number of aromatic nitrogens is 1. The van der Waals surface area contributed by atoms with Crippen molar-refractivity contribution in [1.82, 2.24) is 26.1 Å². The van der Waals surface area contributed by atoms with Crippen molar-refractivity contribution in [3.05, 3.63) is 78.1 Å². The molecule has 3 N–H and O–H groups in total. The van der Waals surface area contributed by atoms with Crippen LogP contribution < -0.4 is 16.2 Å². The van der Waals surface area contributed by atoms with Gasteiger partial charge in [-0.1, -0.05) is 36.4 Å². The number of fused-ring (bicyclic) bond motifs is 1. The minimum Gasteiger partial charge on any atom is -0.444 e. The predicted octanol–water partition coefficient (Wildman–Crippen LogP) is 3.82. The topological polar surface area (TPSA) is 95.6 Å². The summed E-state index contributed by atoms with van der Waals surface area (Å²) in [5, 5.41) is 5.31. The van der Waals surface area contributed by atoms with E-state index in [0.717, 1.165) is 16.3 Å². The Morgan fingerprint density at radius 3 is 2.51 bits per heavy atom. The van der Waals surface area contributed by atoms with Gasteiger partial charge in [-0.3, -0.25) is 20.6 Å². The van der Waals surface area contributed by atoms with Crippen LogP contribution in [0.1, 0.15) is 36.7 Å². The minimum absolute atomic E-state index is 0.222. The zero-order valence-corrected chi connectivity index (χ0v) is 21.2. The molecule has 2 aromatic carbocycles. The minimum atomic E-state index is -0.589. The second-order valence-corrected chi connectivity index (χ2v) is 9.65. The fraction of sp³-hybridized carbons (Fsp3) is 0.308. The van der Waals surface area contributed by atoms with Crippen LogP contribution in [0.4, 0.5) is 4.79 Å². The number of benzene rings is 2. The van der Waals surface area contributed by atoms with E-state index in [9.17, 15) is 9.59 Å². The second-order valence-electron chi connectivity index (χ2n) is 9.24. The number of pyridine rings is 1. The van der Waals surface area contributed by atoms with E-state index >= 15 is 0 Å². The van der Waals surface area contributed by atoms with Crippen LogP contribution in [0, 0.1) is 0 Å². The summed E-state index contributed by atoms with van der Waals surface area (Å²) in [7, 11) is 1.68. The number of hydrogen-bond donors (Lipinski definition) is 3. The van der Waals surface area contributed by atoms with Gasteiger partial charge in [0.2, 0.25) is 0 Å². The Hall–Kier alpha value is -3.72. The number of amides is 2. The van der Waals surface area contributed by atoms with Gasteiger partial charge in [-0.2, -0.15) is 0 Å². The molecule has 9 heteroatoms. The van der Waals surface area contributed by atoms with Crippen molar-refractivity contribution in [2.75, 3.05) is 13.6 Å². The molecule has 1 unspecified atom stereocenters. The first kappa shape index (κ1) is 25.9. The van der Waals surface area contributed by atoms with E-state index in [1.807, 2.05) is 63.2 Å². The fourth-order valence-corrected chi connectivity index (χ4v) is 3.65. The molecule has 8 nitrogen and oxygen atoms in total. The van der Waals surface area contributed by atoms with Crippen molar-refractivity contribution in [3.8, 4) is 0 Å². The van der Waals surface area contributed by atoms with E-state index in [0.29, 0.717) is 18.5 Å². The summed E-state index contributed by atoms with van der Waals surface area (Å²) >= 11 is 5.42. The Morgan fingerprint density at radius 2 is 1.80 bits per heavy atom. The molecular weight excluding hydrogens is 462 g/mol. The number of nitrogens with zero attached hydrogens (tertiary/aromatic N) is 2. The van der Waals surface area contributed by atoms with E-state index in [-0.39, 0.29) is 17.1 Å². The third-order valence-electron chi connectivity index (χ3n) is 5.05. The lowest BCUT2D eigenvalue weighted by atomic mass is 10.1. The molecule has 0 aliphatic carbocycles. The van der Waals surface area contributed by atoms with Gasteiger partial charge in [-0.05, 0) is 68.6 Å². The zero-order chi connectivity index (χ0) is 25.4. The van der Waals surface area contributed by atoms with Gasteiger partial charge in [-0.15, -0.1) is 0 Å². The molecule has 184 valence electrons. The average molecular weight is 494 g/mol. The quantitative estimate of drug-likeness (QED) is 0.355. The molecule has 0 saturated heterocycles. The third-order valence-corrected chi connectivity index (χ3v) is 5.27. The van der Waals surface area contributed by atoms with Crippen LogP contribution in [0.3, 0.4) is 0 Å². The first-order valence-corrected chi connectivity index (χ1v) is 11.7. The molecule has 0 spiro atoms.